The molecule has 0 aromatic heterocycles. The summed E-state index contributed by atoms with van der Waals surface area (Å²) in [7, 11) is -0.481. The molecule has 9 heteroatoms. The predicted octanol–water partition coefficient (Wildman–Crippen LogP) is 2.52. The second kappa shape index (κ2) is 10.0. The first-order valence-corrected chi connectivity index (χ1v) is 12.0. The molecule has 0 spiro atoms. The number of fused-ring (bicyclic) bond motifs is 1. The lowest BCUT2D eigenvalue weighted by molar-refractivity contribution is -0.123. The van der Waals surface area contributed by atoms with Gasteiger partial charge in [0.1, 0.15) is 23.4 Å². The Morgan fingerprint density at radius 2 is 1.91 bits per heavy atom. The molecule has 2 aromatic carbocycles. The standard InChI is InChI=1S/C23H29N3O5S/c1-5-15(2)21(25-22-18-8-6-7-9-20(18)32(28,29)26-22)23(27)24-13-12-16-10-11-17(30-3)14-19(16)31-4/h6-11,14-15,21H,5,12-13H2,1-4H3,(H,24,27)(H,25,26)/t15-,21-/m0/s1. The molecule has 2 N–H and O–H groups in total. The van der Waals surface area contributed by atoms with Gasteiger partial charge in [-0.3, -0.25) is 14.5 Å². The smallest absolute Gasteiger partial charge is 0.263 e. The monoisotopic (exact) mass is 459 g/mol. The van der Waals surface area contributed by atoms with Crippen molar-refractivity contribution in [2.75, 3.05) is 20.8 Å². The van der Waals surface area contributed by atoms with Crippen molar-refractivity contribution in [2.24, 2.45) is 10.9 Å². The molecule has 0 aliphatic carbocycles. The Kier molecular flexibility index (Phi) is 7.40. The second-order valence-electron chi connectivity index (χ2n) is 7.63. The number of hydrogen-bond acceptors (Lipinski definition) is 6. The summed E-state index contributed by atoms with van der Waals surface area (Å²) < 4.78 is 37.9. The normalized spacial score (nSPS) is 17.2. The molecule has 3 rings (SSSR count). The molecule has 0 saturated heterocycles. The van der Waals surface area contributed by atoms with E-state index in [1.165, 1.54) is 6.07 Å². The van der Waals surface area contributed by atoms with Crippen molar-refractivity contribution >= 4 is 21.8 Å². The van der Waals surface area contributed by atoms with Crippen LogP contribution in [0.25, 0.3) is 0 Å². The number of amidine groups is 1. The van der Waals surface area contributed by atoms with Gasteiger partial charge in [-0.25, -0.2) is 8.42 Å². The van der Waals surface area contributed by atoms with Crippen LogP contribution in [0.15, 0.2) is 52.4 Å². The highest BCUT2D eigenvalue weighted by molar-refractivity contribution is 7.90. The molecule has 0 unspecified atom stereocenters. The van der Waals surface area contributed by atoms with Gasteiger partial charge >= 0.3 is 0 Å². The molecule has 1 amide bonds. The zero-order chi connectivity index (χ0) is 23.3. The third kappa shape index (κ3) is 5.04. The molecule has 32 heavy (non-hydrogen) atoms. The van der Waals surface area contributed by atoms with Gasteiger partial charge in [0, 0.05) is 18.2 Å². The van der Waals surface area contributed by atoms with Crippen LogP contribution in [0.1, 0.15) is 31.4 Å². The first-order chi connectivity index (χ1) is 15.3. The van der Waals surface area contributed by atoms with Crippen molar-refractivity contribution in [3.05, 3.63) is 53.6 Å². The summed E-state index contributed by atoms with van der Waals surface area (Å²) >= 11 is 0. The van der Waals surface area contributed by atoms with Crippen molar-refractivity contribution in [1.82, 2.24) is 10.0 Å². The molecule has 0 bridgehead atoms. The number of methoxy groups -OCH3 is 2. The van der Waals surface area contributed by atoms with Crippen molar-refractivity contribution in [3.8, 4) is 11.5 Å². The lowest BCUT2D eigenvalue weighted by Crippen LogP contribution is -2.40. The molecule has 8 nitrogen and oxygen atoms in total. The largest absolute Gasteiger partial charge is 0.497 e. The summed E-state index contributed by atoms with van der Waals surface area (Å²) in [6, 6.07) is 11.5. The van der Waals surface area contributed by atoms with Crippen LogP contribution in [0.5, 0.6) is 11.5 Å². The number of carbonyl (C=O) groups excluding carboxylic acids is 1. The predicted molar refractivity (Wildman–Crippen MR) is 123 cm³/mol. The zero-order valence-electron chi connectivity index (χ0n) is 18.7. The maximum atomic E-state index is 13.0. The number of rotatable bonds is 9. The highest BCUT2D eigenvalue weighted by Crippen LogP contribution is 2.25. The SMILES string of the molecule is CC[C@H](C)[C@H](N=C1NS(=O)(=O)c2ccccc21)C(=O)NCCc1ccc(OC)cc1OC. The number of carbonyl (C=O) groups is 1. The fraction of sp³-hybridized carbons (Fsp3) is 0.391. The molecule has 1 heterocycles. The molecule has 1 aliphatic heterocycles. The first kappa shape index (κ1) is 23.6. The number of amides is 1. The van der Waals surface area contributed by atoms with E-state index in [2.05, 4.69) is 15.0 Å². The first-order valence-electron chi connectivity index (χ1n) is 10.5. The lowest BCUT2D eigenvalue weighted by Gasteiger charge is -2.19. The minimum atomic E-state index is -3.66. The van der Waals surface area contributed by atoms with Crippen LogP contribution in [0, 0.1) is 5.92 Å². The Morgan fingerprint density at radius 3 is 2.59 bits per heavy atom. The number of sulfonamides is 1. The van der Waals surface area contributed by atoms with Crippen LogP contribution in [-0.2, 0) is 21.2 Å². The van der Waals surface area contributed by atoms with Crippen molar-refractivity contribution in [2.45, 2.75) is 37.6 Å². The van der Waals surface area contributed by atoms with E-state index in [-0.39, 0.29) is 22.6 Å². The number of aliphatic imine (C=N–C) groups is 1. The maximum Gasteiger partial charge on any atom is 0.263 e. The van der Waals surface area contributed by atoms with E-state index in [0.29, 0.717) is 30.0 Å². The molecule has 2 atom stereocenters. The average molecular weight is 460 g/mol. The van der Waals surface area contributed by atoms with Crippen molar-refractivity contribution in [3.63, 3.8) is 0 Å². The zero-order valence-corrected chi connectivity index (χ0v) is 19.5. The van der Waals surface area contributed by atoms with E-state index in [4.69, 9.17) is 9.47 Å². The Morgan fingerprint density at radius 1 is 1.16 bits per heavy atom. The van der Waals surface area contributed by atoms with E-state index in [1.54, 1.807) is 38.5 Å². The summed E-state index contributed by atoms with van der Waals surface area (Å²) in [5.41, 5.74) is 1.43. The average Bonchev–Trinajstić information content (AvgIpc) is 3.06. The van der Waals surface area contributed by atoms with Crippen LogP contribution in [0.4, 0.5) is 0 Å². The van der Waals surface area contributed by atoms with E-state index < -0.39 is 16.1 Å². The maximum absolute atomic E-state index is 13.0. The van der Waals surface area contributed by atoms with Crippen molar-refractivity contribution in [1.29, 1.82) is 0 Å². The minimum absolute atomic E-state index is 0.0738. The Hall–Kier alpha value is -3.07. The number of benzene rings is 2. The van der Waals surface area contributed by atoms with E-state index in [0.717, 1.165) is 12.0 Å². The van der Waals surface area contributed by atoms with Crippen LogP contribution in [-0.4, -0.2) is 47.0 Å². The van der Waals surface area contributed by atoms with Gasteiger partial charge in [-0.1, -0.05) is 38.5 Å². The van der Waals surface area contributed by atoms with E-state index in [9.17, 15) is 13.2 Å². The summed E-state index contributed by atoms with van der Waals surface area (Å²) in [5.74, 6) is 1.27. The van der Waals surface area contributed by atoms with Crippen LogP contribution >= 0.6 is 0 Å². The van der Waals surface area contributed by atoms with Gasteiger partial charge in [-0.05, 0) is 36.1 Å². The number of hydrogen-bond donors (Lipinski definition) is 2. The van der Waals surface area contributed by atoms with Gasteiger partial charge in [0.15, 0.2) is 0 Å². The molecule has 172 valence electrons. The second-order valence-corrected chi connectivity index (χ2v) is 9.28. The molecule has 0 saturated carbocycles. The molecule has 2 aromatic rings. The van der Waals surface area contributed by atoms with Crippen molar-refractivity contribution < 1.29 is 22.7 Å². The molecule has 0 fully saturated rings. The summed E-state index contributed by atoms with van der Waals surface area (Å²) in [6.07, 6.45) is 1.29. The van der Waals surface area contributed by atoms with E-state index in [1.807, 2.05) is 26.0 Å². The third-order valence-corrected chi connectivity index (χ3v) is 6.97. The summed E-state index contributed by atoms with van der Waals surface area (Å²) in [6.45, 7) is 4.29. The quantitative estimate of drug-likeness (QED) is 0.599. The van der Waals surface area contributed by atoms with Gasteiger partial charge in [0.25, 0.3) is 10.0 Å². The Labute approximate surface area is 189 Å². The lowest BCUT2D eigenvalue weighted by atomic mass is 9.98. The minimum Gasteiger partial charge on any atom is -0.497 e. The molecular formula is C23H29N3O5S. The van der Waals surface area contributed by atoms with Crippen LogP contribution in [0.2, 0.25) is 0 Å². The topological polar surface area (TPSA) is 106 Å². The highest BCUT2D eigenvalue weighted by Gasteiger charge is 2.33. The summed E-state index contributed by atoms with van der Waals surface area (Å²) in [4.78, 5) is 17.7. The number of nitrogens with zero attached hydrogens (tertiary/aromatic N) is 1. The van der Waals surface area contributed by atoms with Gasteiger partial charge in [0.05, 0.1) is 19.1 Å². The van der Waals surface area contributed by atoms with Gasteiger partial charge < -0.3 is 14.8 Å². The Balaban J connectivity index is 1.75. The van der Waals surface area contributed by atoms with E-state index >= 15 is 0 Å². The fourth-order valence-corrected chi connectivity index (χ4v) is 4.76. The Bertz CT molecular complexity index is 1110. The van der Waals surface area contributed by atoms with Gasteiger partial charge in [-0.15, -0.1) is 0 Å². The fourth-order valence-electron chi connectivity index (χ4n) is 3.52. The van der Waals surface area contributed by atoms with Crippen LogP contribution in [0.3, 0.4) is 0 Å². The van der Waals surface area contributed by atoms with Crippen LogP contribution < -0.4 is 19.5 Å². The number of ether oxygens (including phenoxy) is 2. The number of nitrogens with one attached hydrogen (secondary N) is 2. The highest BCUT2D eigenvalue weighted by atomic mass is 32.2. The molecule has 1 aliphatic rings. The molecular weight excluding hydrogens is 430 g/mol. The third-order valence-electron chi connectivity index (χ3n) is 5.57. The molecule has 0 radical (unpaired) electrons. The van der Waals surface area contributed by atoms with Gasteiger partial charge in [-0.2, -0.15) is 0 Å². The summed E-state index contributed by atoms with van der Waals surface area (Å²) in [5, 5.41) is 2.93. The van der Waals surface area contributed by atoms with Gasteiger partial charge in [0.2, 0.25) is 5.91 Å².